The van der Waals surface area contributed by atoms with Gasteiger partial charge in [0.1, 0.15) is 31.3 Å². The zero-order valence-electron chi connectivity index (χ0n) is 44.3. The first-order valence-corrected chi connectivity index (χ1v) is 32.8. The summed E-state index contributed by atoms with van der Waals surface area (Å²) < 4.78 is 42.0. The third-order valence-corrected chi connectivity index (χ3v) is 17.2. The topological polar surface area (TPSA) is 172 Å². The van der Waals surface area contributed by atoms with Gasteiger partial charge in [-0.1, -0.05) is 63.5 Å². The summed E-state index contributed by atoms with van der Waals surface area (Å²) in [5.74, 6) is 1.11. The van der Waals surface area contributed by atoms with Gasteiger partial charge in [-0.2, -0.15) is 0 Å². The van der Waals surface area contributed by atoms with E-state index in [2.05, 4.69) is 39.3 Å². The molecule has 74 heavy (non-hydrogen) atoms. The minimum Gasteiger partial charge on any atom is -0.497 e. The van der Waals surface area contributed by atoms with Crippen molar-refractivity contribution in [2.75, 3.05) is 76.8 Å². The number of ether oxygens (including phenoxy) is 7. The molecule has 0 saturated heterocycles. The molecule has 4 heterocycles. The molecule has 0 saturated carbocycles. The van der Waals surface area contributed by atoms with Crippen LogP contribution in [-0.4, -0.2) is 123 Å². The molecule has 4 aromatic rings. The Morgan fingerprint density at radius 2 is 0.946 bits per heavy atom. The number of carbonyl (C=O) groups is 4. The van der Waals surface area contributed by atoms with E-state index in [1.165, 1.54) is 24.0 Å². The molecular formula is C56H71N5O11Si2. The van der Waals surface area contributed by atoms with Crippen molar-refractivity contribution < 1.29 is 52.3 Å². The Labute approximate surface area is 436 Å². The molecule has 18 heteroatoms. The molecule has 4 aliphatic heterocycles. The van der Waals surface area contributed by atoms with Crippen molar-refractivity contribution in [3.63, 3.8) is 0 Å². The maximum absolute atomic E-state index is 14.6. The maximum Gasteiger partial charge on any atom is 0.260 e. The number of nitrogens with two attached hydrogens (primary N) is 1. The van der Waals surface area contributed by atoms with Gasteiger partial charge in [-0.3, -0.25) is 29.0 Å². The number of methoxy groups -OCH3 is 3. The predicted molar refractivity (Wildman–Crippen MR) is 293 cm³/mol. The highest BCUT2D eigenvalue weighted by Crippen LogP contribution is 2.44. The molecule has 8 rings (SSSR count). The van der Waals surface area contributed by atoms with Crippen LogP contribution in [-0.2, 0) is 19.1 Å². The first-order chi connectivity index (χ1) is 35.4. The van der Waals surface area contributed by atoms with E-state index in [4.69, 9.17) is 38.9 Å². The average molecular weight is 1050 g/mol. The van der Waals surface area contributed by atoms with E-state index < -0.39 is 28.2 Å². The maximum atomic E-state index is 14.6. The molecule has 1 unspecified atom stereocenters. The van der Waals surface area contributed by atoms with Gasteiger partial charge < -0.3 is 48.7 Å². The Kier molecular flexibility index (Phi) is 16.6. The fraction of sp³-hybridized carbons (Fsp3) is 0.429. The molecule has 394 valence electrons. The summed E-state index contributed by atoms with van der Waals surface area (Å²) in [6.45, 7) is 15.2. The van der Waals surface area contributed by atoms with E-state index >= 15 is 0 Å². The molecule has 4 amide bonds. The Bertz CT molecular complexity index is 2790. The standard InChI is InChI=1S/C56H71N5O11Si2/c1-66-42-19-15-38(16-20-42)40-28-48-56(65)61(36-70-24-26-74(7,8)9)46-32-52(50(68-3)30-44(46)54(63)59(48)34-40)72-22-12-10-11-21-71-51-31-45-43(29-49(51)67-2)53(62)58-33-39(37-13-17-41(57)18-14-37)27-47(58)55(64)60(45)35-69-23-25-73(4,5)6/h13-20,29-34,47-48H,10-12,21-28,35-36,57H2,1-9H3/t47-,48?/m0/s1. The van der Waals surface area contributed by atoms with Crippen LogP contribution >= 0.6 is 0 Å². The number of benzene rings is 4. The van der Waals surface area contributed by atoms with Crippen molar-refractivity contribution in [1.82, 2.24) is 9.80 Å². The van der Waals surface area contributed by atoms with Crippen molar-refractivity contribution in [2.24, 2.45) is 0 Å². The summed E-state index contributed by atoms with van der Waals surface area (Å²) in [6.07, 6.45) is 6.25. The lowest BCUT2D eigenvalue weighted by molar-refractivity contribution is -0.123. The van der Waals surface area contributed by atoms with E-state index in [9.17, 15) is 19.2 Å². The average Bonchev–Trinajstić information content (AvgIpc) is 4.01. The van der Waals surface area contributed by atoms with E-state index in [1.54, 1.807) is 53.6 Å². The van der Waals surface area contributed by atoms with Crippen molar-refractivity contribution in [1.29, 1.82) is 0 Å². The summed E-state index contributed by atoms with van der Waals surface area (Å²) in [4.78, 5) is 64.1. The van der Waals surface area contributed by atoms with Crippen LogP contribution in [0.25, 0.3) is 11.1 Å². The van der Waals surface area contributed by atoms with Crippen LogP contribution in [0.2, 0.25) is 51.4 Å². The number of unbranched alkanes of at least 4 members (excludes halogenated alkanes) is 2. The second-order valence-corrected chi connectivity index (χ2v) is 32.8. The summed E-state index contributed by atoms with van der Waals surface area (Å²) in [5.41, 5.74) is 11.5. The third kappa shape index (κ3) is 12.1. The van der Waals surface area contributed by atoms with Gasteiger partial charge in [-0.25, -0.2) is 0 Å². The zero-order valence-corrected chi connectivity index (χ0v) is 46.3. The molecule has 2 atom stereocenters. The number of nitrogens with zero attached hydrogens (tertiary/aromatic N) is 4. The smallest absolute Gasteiger partial charge is 0.260 e. The van der Waals surface area contributed by atoms with Gasteiger partial charge in [0.25, 0.3) is 23.6 Å². The van der Waals surface area contributed by atoms with Crippen LogP contribution in [0.4, 0.5) is 17.1 Å². The fourth-order valence-electron chi connectivity index (χ4n) is 9.32. The fourth-order valence-corrected chi connectivity index (χ4v) is 10.8. The number of amides is 4. The van der Waals surface area contributed by atoms with Gasteiger partial charge in [0.2, 0.25) is 0 Å². The first kappa shape index (κ1) is 53.7. The molecule has 4 aromatic carbocycles. The van der Waals surface area contributed by atoms with Crippen LogP contribution in [0.5, 0.6) is 28.7 Å². The summed E-state index contributed by atoms with van der Waals surface area (Å²) >= 11 is 0. The second-order valence-electron chi connectivity index (χ2n) is 21.6. The van der Waals surface area contributed by atoms with Gasteiger partial charge in [-0.15, -0.1) is 0 Å². The molecule has 0 aromatic heterocycles. The van der Waals surface area contributed by atoms with Crippen LogP contribution in [0.15, 0.2) is 85.2 Å². The molecule has 0 bridgehead atoms. The highest BCUT2D eigenvalue weighted by molar-refractivity contribution is 6.76. The van der Waals surface area contributed by atoms with Gasteiger partial charge >= 0.3 is 0 Å². The van der Waals surface area contributed by atoms with Crippen molar-refractivity contribution in [2.45, 2.75) is 95.6 Å². The molecule has 0 aliphatic carbocycles. The largest absolute Gasteiger partial charge is 0.497 e. The van der Waals surface area contributed by atoms with E-state index in [0.717, 1.165) is 40.8 Å². The molecule has 0 radical (unpaired) electrons. The number of rotatable bonds is 23. The summed E-state index contributed by atoms with van der Waals surface area (Å²) in [7, 11) is 1.81. The predicted octanol–water partition coefficient (Wildman–Crippen LogP) is 9.75. The zero-order chi connectivity index (χ0) is 52.9. The molecular weight excluding hydrogens is 975 g/mol. The van der Waals surface area contributed by atoms with Crippen LogP contribution in [0.3, 0.4) is 0 Å². The Hall–Kier alpha value is -6.61. The first-order valence-electron chi connectivity index (χ1n) is 25.4. The third-order valence-electron chi connectivity index (χ3n) is 13.7. The lowest BCUT2D eigenvalue weighted by Crippen LogP contribution is -2.45. The van der Waals surface area contributed by atoms with Crippen LogP contribution < -0.4 is 39.2 Å². The second kappa shape index (κ2) is 22.9. The number of hydrogen-bond donors (Lipinski definition) is 1. The minimum absolute atomic E-state index is 0.0217. The lowest BCUT2D eigenvalue weighted by Gasteiger charge is -2.27. The van der Waals surface area contributed by atoms with E-state index in [1.807, 2.05) is 48.5 Å². The lowest BCUT2D eigenvalue weighted by atomic mass is 10.0. The number of anilines is 3. The monoisotopic (exact) mass is 1050 g/mol. The number of hydrogen-bond acceptors (Lipinski definition) is 12. The highest BCUT2D eigenvalue weighted by atomic mass is 28.3. The Balaban J connectivity index is 0.950. The van der Waals surface area contributed by atoms with Crippen LogP contribution in [0.1, 0.15) is 63.9 Å². The van der Waals surface area contributed by atoms with Gasteiger partial charge in [-0.05, 0) is 90.0 Å². The number of fused-ring (bicyclic) bond motifs is 4. The van der Waals surface area contributed by atoms with E-state index in [0.29, 0.717) is 109 Å². The van der Waals surface area contributed by atoms with Crippen molar-refractivity contribution in [3.05, 3.63) is 107 Å². The number of nitrogen functional groups attached to an aromatic ring is 1. The van der Waals surface area contributed by atoms with Gasteiger partial charge in [0, 0.05) is 72.4 Å². The minimum atomic E-state index is -1.43. The van der Waals surface area contributed by atoms with E-state index in [-0.39, 0.29) is 37.1 Å². The molecule has 16 nitrogen and oxygen atoms in total. The van der Waals surface area contributed by atoms with Crippen molar-refractivity contribution >= 4 is 68.0 Å². The van der Waals surface area contributed by atoms with Crippen LogP contribution in [0, 0.1) is 0 Å². The Morgan fingerprint density at radius 3 is 1.34 bits per heavy atom. The van der Waals surface area contributed by atoms with Gasteiger partial charge in [0.05, 0.1) is 57.0 Å². The molecule has 0 fully saturated rings. The Morgan fingerprint density at radius 1 is 0.527 bits per heavy atom. The highest BCUT2D eigenvalue weighted by Gasteiger charge is 2.45. The molecule has 4 aliphatic rings. The molecule has 0 spiro atoms. The van der Waals surface area contributed by atoms with Crippen molar-refractivity contribution in [3.8, 4) is 28.7 Å². The normalized spacial score (nSPS) is 17.5. The quantitative estimate of drug-likeness (QED) is 0.0424. The SMILES string of the molecule is COc1ccc(C2=CN3C(=O)c4cc(OC)c(OCCCCCOc5cc6c(cc5OC)C(=O)N5C=C(c7ccc(N)cc7)C[C@H]5C(=O)N6COCC[Si](C)(C)C)cc4N(COCC[Si](C)(C)C)C(=O)C3C2)cc1. The van der Waals surface area contributed by atoms with Gasteiger partial charge in [0.15, 0.2) is 23.0 Å². The molecule has 2 N–H and O–H groups in total. The summed E-state index contributed by atoms with van der Waals surface area (Å²) in [6, 6.07) is 22.0. The number of carbonyl (C=O) groups excluding carboxylic acids is 4. The summed E-state index contributed by atoms with van der Waals surface area (Å²) in [5, 5.41) is 0.